The minimum atomic E-state index is -0.481. The van der Waals surface area contributed by atoms with Gasteiger partial charge in [-0.1, -0.05) is 0 Å². The van der Waals surface area contributed by atoms with Gasteiger partial charge in [0.05, 0.1) is 0 Å². The molecule has 0 aromatic heterocycles. The number of nitrogens with one attached hydrogen (secondary N) is 1. The molecule has 0 aliphatic heterocycles. The zero-order chi connectivity index (χ0) is 14.8. The van der Waals surface area contributed by atoms with Crippen LogP contribution in [0.1, 0.15) is 0 Å². The number of amides is 1. The van der Waals surface area contributed by atoms with Gasteiger partial charge in [-0.2, -0.15) is 12.6 Å². The van der Waals surface area contributed by atoms with Crippen molar-refractivity contribution in [2.24, 2.45) is 0 Å². The molecule has 4 nitrogen and oxygen atoms in total. The van der Waals surface area contributed by atoms with Gasteiger partial charge < -0.3 is 9.64 Å². The highest BCUT2D eigenvalue weighted by molar-refractivity contribution is 7.80. The first-order valence-corrected chi connectivity index (χ1v) is 7.93. The summed E-state index contributed by atoms with van der Waals surface area (Å²) in [4.78, 5) is 13.5. The summed E-state index contributed by atoms with van der Waals surface area (Å²) in [6.07, 6.45) is -0.481. The predicted octanol–water partition coefficient (Wildman–Crippen LogP) is 3.45. The molecule has 0 heterocycles. The molecule has 0 aliphatic rings. The number of hydrogen-bond acceptors (Lipinski definition) is 4. The number of hydrogen-bond donors (Lipinski definition) is 2. The van der Waals surface area contributed by atoms with Crippen LogP contribution in [-0.4, -0.2) is 43.3 Å². The number of carbonyl (C=O) groups is 1. The quantitative estimate of drug-likeness (QED) is 0.564. The Balaban J connectivity index is 2.60. The zero-order valence-electron chi connectivity index (χ0n) is 11.0. The minimum absolute atomic E-state index is 0.284. The van der Waals surface area contributed by atoms with Crippen LogP contribution in [0.4, 0.5) is 16.2 Å². The van der Waals surface area contributed by atoms with E-state index >= 15 is 0 Å². The van der Waals surface area contributed by atoms with Gasteiger partial charge in [0.15, 0.2) is 0 Å². The molecule has 1 aromatic carbocycles. The molecule has 0 aliphatic carbocycles. The van der Waals surface area contributed by atoms with Gasteiger partial charge in [-0.25, -0.2) is 4.79 Å². The maximum Gasteiger partial charge on any atom is 0.411 e. The molecule has 0 fully saturated rings. The molecule has 112 valence electrons. The smallest absolute Gasteiger partial charge is 0.411 e. The Morgan fingerprint density at radius 2 is 1.80 bits per heavy atom. The summed E-state index contributed by atoms with van der Waals surface area (Å²) in [5, 5.41) is 2.64. The average Bonchev–Trinajstić information content (AvgIpc) is 2.46. The third kappa shape index (κ3) is 6.11. The summed E-state index contributed by atoms with van der Waals surface area (Å²) in [6.45, 7) is 1.74. The first kappa shape index (κ1) is 17.3. The van der Waals surface area contributed by atoms with Crippen LogP contribution in [0, 0.1) is 0 Å². The van der Waals surface area contributed by atoms with Gasteiger partial charge in [-0.05, 0) is 24.3 Å². The lowest BCUT2D eigenvalue weighted by atomic mass is 10.2. The van der Waals surface area contributed by atoms with Crippen molar-refractivity contribution < 1.29 is 9.53 Å². The third-order valence-corrected chi connectivity index (χ3v) is 3.03. The number of benzene rings is 1. The Morgan fingerprint density at radius 1 is 1.20 bits per heavy atom. The van der Waals surface area contributed by atoms with Crippen LogP contribution in [-0.2, 0) is 4.74 Å². The largest absolute Gasteiger partial charge is 0.448 e. The maximum atomic E-state index is 11.4. The van der Waals surface area contributed by atoms with Crippen molar-refractivity contribution in [1.29, 1.82) is 0 Å². The Labute approximate surface area is 134 Å². The van der Waals surface area contributed by atoms with Crippen molar-refractivity contribution in [1.82, 2.24) is 0 Å². The number of nitrogens with zero attached hydrogens (tertiary/aromatic N) is 1. The Bertz CT molecular complexity index is 398. The molecule has 20 heavy (non-hydrogen) atoms. The van der Waals surface area contributed by atoms with Gasteiger partial charge in [0, 0.05) is 42.0 Å². The SMILES string of the molecule is O=C(Nc1ccc(N(CCCl)CCCl)cc1)OCCS. The van der Waals surface area contributed by atoms with E-state index in [2.05, 4.69) is 22.8 Å². The number of ether oxygens (including phenoxy) is 1. The van der Waals surface area contributed by atoms with E-state index in [0.29, 0.717) is 23.2 Å². The molecular formula is C13H18Cl2N2O2S. The van der Waals surface area contributed by atoms with Crippen LogP contribution in [0.25, 0.3) is 0 Å². The van der Waals surface area contributed by atoms with Gasteiger partial charge in [0.1, 0.15) is 6.61 Å². The van der Waals surface area contributed by atoms with E-state index in [1.54, 1.807) is 0 Å². The Hall–Kier alpha value is -0.780. The highest BCUT2D eigenvalue weighted by Crippen LogP contribution is 2.18. The second-order valence-corrected chi connectivity index (χ2v) is 5.10. The van der Waals surface area contributed by atoms with Crippen LogP contribution in [0.2, 0.25) is 0 Å². The van der Waals surface area contributed by atoms with Gasteiger partial charge in [-0.3, -0.25) is 5.32 Å². The zero-order valence-corrected chi connectivity index (χ0v) is 13.4. The highest BCUT2D eigenvalue weighted by atomic mass is 35.5. The standard InChI is InChI=1S/C13H18Cl2N2O2S/c14-5-7-17(8-6-15)12-3-1-11(2-4-12)16-13(18)19-9-10-20/h1-4,20H,5-10H2,(H,16,18). The predicted molar refractivity (Wildman–Crippen MR) is 88.9 cm³/mol. The van der Waals surface area contributed by atoms with Crippen molar-refractivity contribution in [2.75, 3.05) is 47.4 Å². The lowest BCUT2D eigenvalue weighted by Gasteiger charge is -2.23. The summed E-state index contributed by atoms with van der Waals surface area (Å²) in [5.74, 6) is 1.57. The monoisotopic (exact) mass is 336 g/mol. The van der Waals surface area contributed by atoms with Crippen molar-refractivity contribution in [2.45, 2.75) is 0 Å². The summed E-state index contributed by atoms with van der Waals surface area (Å²) >= 11 is 15.5. The van der Waals surface area contributed by atoms with Gasteiger partial charge in [-0.15, -0.1) is 23.2 Å². The number of halogens is 2. The fraction of sp³-hybridized carbons (Fsp3) is 0.462. The fourth-order valence-electron chi connectivity index (χ4n) is 1.62. The second kappa shape index (κ2) is 10.0. The molecule has 7 heteroatoms. The van der Waals surface area contributed by atoms with Crippen LogP contribution in [0.5, 0.6) is 0 Å². The molecule has 1 N–H and O–H groups in total. The van der Waals surface area contributed by atoms with E-state index in [1.165, 1.54) is 0 Å². The average molecular weight is 337 g/mol. The Kier molecular flexibility index (Phi) is 8.65. The van der Waals surface area contributed by atoms with E-state index in [0.717, 1.165) is 18.8 Å². The van der Waals surface area contributed by atoms with Crippen molar-refractivity contribution in [3.8, 4) is 0 Å². The van der Waals surface area contributed by atoms with Crippen LogP contribution >= 0.6 is 35.8 Å². The molecule has 0 atom stereocenters. The fourth-order valence-corrected chi connectivity index (χ4v) is 2.12. The second-order valence-electron chi connectivity index (χ2n) is 3.90. The van der Waals surface area contributed by atoms with Crippen LogP contribution in [0.15, 0.2) is 24.3 Å². The molecular weight excluding hydrogens is 319 g/mol. The number of anilines is 2. The van der Waals surface area contributed by atoms with E-state index in [4.69, 9.17) is 27.9 Å². The summed E-state index contributed by atoms with van der Waals surface area (Å²) in [5.41, 5.74) is 1.69. The summed E-state index contributed by atoms with van der Waals surface area (Å²) in [6, 6.07) is 7.44. The Morgan fingerprint density at radius 3 is 2.30 bits per heavy atom. The van der Waals surface area contributed by atoms with Crippen LogP contribution in [0.3, 0.4) is 0 Å². The lowest BCUT2D eigenvalue weighted by molar-refractivity contribution is 0.169. The van der Waals surface area contributed by atoms with E-state index in [1.807, 2.05) is 24.3 Å². The molecule has 0 radical (unpaired) electrons. The molecule has 1 rings (SSSR count). The van der Waals surface area contributed by atoms with E-state index < -0.39 is 6.09 Å². The molecule has 1 amide bonds. The number of carbonyl (C=O) groups excluding carboxylic acids is 1. The number of thiol groups is 1. The first-order valence-electron chi connectivity index (χ1n) is 6.23. The topological polar surface area (TPSA) is 41.6 Å². The van der Waals surface area contributed by atoms with Gasteiger partial charge >= 0.3 is 6.09 Å². The highest BCUT2D eigenvalue weighted by Gasteiger charge is 2.06. The summed E-state index contributed by atoms with van der Waals surface area (Å²) in [7, 11) is 0. The molecule has 0 bridgehead atoms. The van der Waals surface area contributed by atoms with Crippen molar-refractivity contribution >= 4 is 53.3 Å². The van der Waals surface area contributed by atoms with Gasteiger partial charge in [0.25, 0.3) is 0 Å². The van der Waals surface area contributed by atoms with Gasteiger partial charge in [0.2, 0.25) is 0 Å². The summed E-state index contributed by atoms with van der Waals surface area (Å²) < 4.78 is 4.88. The van der Waals surface area contributed by atoms with Crippen molar-refractivity contribution in [3.63, 3.8) is 0 Å². The molecule has 0 unspecified atom stereocenters. The maximum absolute atomic E-state index is 11.4. The normalized spacial score (nSPS) is 10.2. The molecule has 0 saturated heterocycles. The third-order valence-electron chi connectivity index (χ3n) is 2.51. The number of alkyl halides is 2. The molecule has 0 saturated carbocycles. The molecule has 1 aromatic rings. The first-order chi connectivity index (χ1) is 9.71. The number of rotatable bonds is 8. The minimum Gasteiger partial charge on any atom is -0.448 e. The van der Waals surface area contributed by atoms with Crippen molar-refractivity contribution in [3.05, 3.63) is 24.3 Å². The van der Waals surface area contributed by atoms with E-state index in [9.17, 15) is 4.79 Å². The van der Waals surface area contributed by atoms with Crippen LogP contribution < -0.4 is 10.2 Å². The lowest BCUT2D eigenvalue weighted by Crippen LogP contribution is -2.27. The molecule has 0 spiro atoms. The van der Waals surface area contributed by atoms with E-state index in [-0.39, 0.29) is 6.61 Å².